The number of hydrogen-bond acceptors (Lipinski definition) is 7. The first kappa shape index (κ1) is 24.1. The molecule has 174 valence electrons. The highest BCUT2D eigenvalue weighted by Crippen LogP contribution is 2.34. The van der Waals surface area contributed by atoms with Gasteiger partial charge in [0.15, 0.2) is 5.78 Å². The minimum Gasteiger partial charge on any atom is -0.507 e. The molecule has 1 N–H and O–H groups in total. The van der Waals surface area contributed by atoms with Gasteiger partial charge in [-0.3, -0.25) is 4.79 Å². The number of methoxy groups -OCH3 is 1. The number of nitrogens with zero attached hydrogens (tertiary/aromatic N) is 1. The lowest BCUT2D eigenvalue weighted by atomic mass is 10.0. The van der Waals surface area contributed by atoms with Crippen molar-refractivity contribution in [2.45, 2.75) is 20.8 Å². The molecule has 1 aromatic heterocycles. The fourth-order valence-corrected chi connectivity index (χ4v) is 3.55. The van der Waals surface area contributed by atoms with Gasteiger partial charge in [-0.25, -0.2) is 4.79 Å². The van der Waals surface area contributed by atoms with E-state index in [0.717, 1.165) is 18.7 Å². The summed E-state index contributed by atoms with van der Waals surface area (Å²) in [5.74, 6) is -0.513. The van der Waals surface area contributed by atoms with Crippen LogP contribution in [0.5, 0.6) is 11.5 Å². The van der Waals surface area contributed by atoms with Crippen LogP contribution >= 0.6 is 0 Å². The summed E-state index contributed by atoms with van der Waals surface area (Å²) in [4.78, 5) is 27.7. The van der Waals surface area contributed by atoms with Gasteiger partial charge in [0.05, 0.1) is 7.11 Å². The number of aryl methyl sites for hydroxylation is 1. The normalized spacial score (nSPS) is 11.4. The van der Waals surface area contributed by atoms with E-state index >= 15 is 0 Å². The maximum atomic E-state index is 12.9. The van der Waals surface area contributed by atoms with Crippen LogP contribution in [0.1, 0.15) is 45.9 Å². The van der Waals surface area contributed by atoms with Gasteiger partial charge >= 0.3 is 5.97 Å². The molecule has 2 aromatic carbocycles. The van der Waals surface area contributed by atoms with Crippen molar-refractivity contribution in [3.63, 3.8) is 0 Å². The molecule has 0 atom stereocenters. The number of rotatable bonds is 10. The molecule has 0 saturated heterocycles. The number of allylic oxidation sites excluding steroid dienone is 1. The number of aromatic hydroxyl groups is 1. The number of carbonyl (C=O) groups is 2. The molecule has 0 saturated carbocycles. The molecule has 0 fully saturated rings. The molecule has 0 aliphatic heterocycles. The molecule has 7 nitrogen and oxygen atoms in total. The Balaban J connectivity index is 1.85. The van der Waals surface area contributed by atoms with Crippen molar-refractivity contribution in [2.24, 2.45) is 0 Å². The third-order valence-electron chi connectivity index (χ3n) is 5.59. The van der Waals surface area contributed by atoms with Crippen LogP contribution in [0.15, 0.2) is 46.9 Å². The Kier molecular flexibility index (Phi) is 7.90. The zero-order valence-corrected chi connectivity index (χ0v) is 19.4. The molecule has 0 unspecified atom stereocenters. The second-order valence-electron chi connectivity index (χ2n) is 7.53. The Hall–Kier alpha value is -3.58. The maximum absolute atomic E-state index is 12.9. The van der Waals surface area contributed by atoms with Crippen LogP contribution in [-0.4, -0.2) is 55.1 Å². The number of carbonyl (C=O) groups excluding carboxylic acids is 2. The van der Waals surface area contributed by atoms with Crippen molar-refractivity contribution in [3.8, 4) is 11.5 Å². The molecule has 0 bridgehead atoms. The first-order valence-corrected chi connectivity index (χ1v) is 10.9. The number of esters is 1. The Bertz CT molecular complexity index is 1160. The highest BCUT2D eigenvalue weighted by Gasteiger charge is 2.24. The second kappa shape index (κ2) is 10.8. The molecule has 33 heavy (non-hydrogen) atoms. The van der Waals surface area contributed by atoms with E-state index in [1.165, 1.54) is 12.1 Å². The van der Waals surface area contributed by atoms with Crippen LogP contribution in [-0.2, 0) is 4.74 Å². The molecule has 3 rings (SSSR count). The summed E-state index contributed by atoms with van der Waals surface area (Å²) >= 11 is 0. The van der Waals surface area contributed by atoms with Gasteiger partial charge in [-0.2, -0.15) is 0 Å². The number of furan rings is 1. The molecule has 0 amide bonds. The van der Waals surface area contributed by atoms with Crippen LogP contribution < -0.4 is 4.74 Å². The molecule has 1 heterocycles. The third kappa shape index (κ3) is 5.43. The number of hydrogen-bond donors (Lipinski definition) is 1. The van der Waals surface area contributed by atoms with Gasteiger partial charge in [0.25, 0.3) is 0 Å². The highest BCUT2D eigenvalue weighted by atomic mass is 16.5. The third-order valence-corrected chi connectivity index (χ3v) is 5.59. The van der Waals surface area contributed by atoms with Gasteiger partial charge in [0.2, 0.25) is 5.76 Å². The molecule has 0 spiro atoms. The van der Waals surface area contributed by atoms with E-state index in [4.69, 9.17) is 13.9 Å². The predicted octanol–water partition coefficient (Wildman–Crippen LogP) is 4.85. The molecule has 3 aromatic rings. The number of fused-ring (bicyclic) bond motifs is 1. The van der Waals surface area contributed by atoms with Crippen molar-refractivity contribution in [2.75, 3.05) is 33.4 Å². The summed E-state index contributed by atoms with van der Waals surface area (Å²) in [5, 5.41) is 11.0. The zero-order chi connectivity index (χ0) is 24.0. The fourth-order valence-electron chi connectivity index (χ4n) is 3.55. The molecular weight excluding hydrogens is 422 g/mol. The predicted molar refractivity (Wildman–Crippen MR) is 127 cm³/mol. The Morgan fingerprint density at radius 3 is 2.42 bits per heavy atom. The largest absolute Gasteiger partial charge is 0.507 e. The lowest BCUT2D eigenvalue weighted by molar-refractivity contribution is 0.0432. The lowest BCUT2D eigenvalue weighted by Gasteiger charge is -2.17. The minimum atomic E-state index is -0.595. The Labute approximate surface area is 193 Å². The number of benzene rings is 2. The van der Waals surface area contributed by atoms with Crippen molar-refractivity contribution in [1.29, 1.82) is 0 Å². The van der Waals surface area contributed by atoms with Crippen LogP contribution in [0.25, 0.3) is 17.0 Å². The number of ketones is 1. The molecular formula is C26H29NO6. The van der Waals surface area contributed by atoms with Crippen molar-refractivity contribution in [3.05, 3.63) is 64.9 Å². The van der Waals surface area contributed by atoms with Gasteiger partial charge in [-0.15, -0.1) is 0 Å². The van der Waals surface area contributed by atoms with Crippen LogP contribution in [0.3, 0.4) is 0 Å². The summed E-state index contributed by atoms with van der Waals surface area (Å²) in [6.07, 6.45) is 2.99. The number of phenols is 1. The Morgan fingerprint density at radius 1 is 1.09 bits per heavy atom. The van der Waals surface area contributed by atoms with E-state index in [2.05, 4.69) is 4.90 Å². The second-order valence-corrected chi connectivity index (χ2v) is 7.53. The first-order valence-electron chi connectivity index (χ1n) is 10.9. The number of likely N-dealkylation sites (N-methyl/N-ethyl adjacent to an activating group) is 1. The topological polar surface area (TPSA) is 89.2 Å². The van der Waals surface area contributed by atoms with Gasteiger partial charge < -0.3 is 23.9 Å². The van der Waals surface area contributed by atoms with E-state index in [-0.39, 0.29) is 29.3 Å². The number of phenolic OH excluding ortho intramolecular Hbond substituents is 1. The SMILES string of the molecule is CCN(CC)CCOC(=O)c1oc2c(C(=O)/C=C/c3ccc(OC)cc3)c(O)ccc2c1C. The number of ether oxygens (including phenoxy) is 2. The van der Waals surface area contributed by atoms with Crippen LogP contribution in [0.4, 0.5) is 0 Å². The Morgan fingerprint density at radius 2 is 1.79 bits per heavy atom. The van der Waals surface area contributed by atoms with Crippen LogP contribution in [0, 0.1) is 6.92 Å². The molecule has 0 radical (unpaired) electrons. The zero-order valence-electron chi connectivity index (χ0n) is 19.4. The lowest BCUT2D eigenvalue weighted by Crippen LogP contribution is -2.27. The van der Waals surface area contributed by atoms with Crippen molar-refractivity contribution < 1.29 is 28.6 Å². The molecule has 0 aliphatic carbocycles. The average molecular weight is 452 g/mol. The van der Waals surface area contributed by atoms with E-state index in [1.54, 1.807) is 38.3 Å². The summed E-state index contributed by atoms with van der Waals surface area (Å²) in [6.45, 7) is 8.41. The van der Waals surface area contributed by atoms with E-state index in [0.29, 0.717) is 23.2 Å². The van der Waals surface area contributed by atoms with Gasteiger partial charge in [-0.1, -0.05) is 32.1 Å². The maximum Gasteiger partial charge on any atom is 0.374 e. The van der Waals surface area contributed by atoms with E-state index in [9.17, 15) is 14.7 Å². The average Bonchev–Trinajstić information content (AvgIpc) is 3.16. The van der Waals surface area contributed by atoms with Crippen molar-refractivity contribution in [1.82, 2.24) is 4.90 Å². The summed E-state index contributed by atoms with van der Waals surface area (Å²) in [6, 6.07) is 10.3. The van der Waals surface area contributed by atoms with E-state index in [1.807, 2.05) is 26.0 Å². The summed E-state index contributed by atoms with van der Waals surface area (Å²) in [5.41, 5.74) is 1.52. The van der Waals surface area contributed by atoms with Gasteiger partial charge in [0.1, 0.15) is 29.3 Å². The molecule has 0 aliphatic rings. The quantitative estimate of drug-likeness (QED) is 0.268. The summed E-state index contributed by atoms with van der Waals surface area (Å²) < 4.78 is 16.3. The van der Waals surface area contributed by atoms with E-state index < -0.39 is 11.8 Å². The van der Waals surface area contributed by atoms with Gasteiger partial charge in [-0.05, 0) is 55.9 Å². The highest BCUT2D eigenvalue weighted by molar-refractivity contribution is 6.16. The summed E-state index contributed by atoms with van der Waals surface area (Å²) in [7, 11) is 1.58. The molecule has 7 heteroatoms. The first-order chi connectivity index (χ1) is 15.9. The monoisotopic (exact) mass is 451 g/mol. The van der Waals surface area contributed by atoms with Gasteiger partial charge in [0, 0.05) is 17.5 Å². The standard InChI is InChI=1S/C26H29NO6/c1-5-27(6-2)15-16-32-26(30)24-17(3)20-12-14-22(29)23(25(20)33-24)21(28)13-9-18-7-10-19(31-4)11-8-18/h7-14,29H,5-6,15-16H2,1-4H3/b13-9+. The van der Waals surface area contributed by atoms with Crippen molar-refractivity contribution >= 4 is 28.8 Å². The minimum absolute atomic E-state index is 0.00236. The smallest absolute Gasteiger partial charge is 0.374 e. The fraction of sp³-hybridized carbons (Fsp3) is 0.308. The van der Waals surface area contributed by atoms with Crippen LogP contribution in [0.2, 0.25) is 0 Å².